The summed E-state index contributed by atoms with van der Waals surface area (Å²) in [4.78, 5) is 2.28. The van der Waals surface area contributed by atoms with Gasteiger partial charge in [0, 0.05) is 36.2 Å². The minimum absolute atomic E-state index is 0.0408. The normalized spacial score (nSPS) is 26.4. The number of nitrogens with two attached hydrogens (primary N) is 1. The zero-order valence-corrected chi connectivity index (χ0v) is 12.1. The van der Waals surface area contributed by atoms with Crippen LogP contribution in [0.1, 0.15) is 25.5 Å². The first-order valence-corrected chi connectivity index (χ1v) is 7.50. The maximum Gasteiger partial charge on any atom is 0.159 e. The number of hydrogen-bond donors (Lipinski definition) is 1. The van der Waals surface area contributed by atoms with E-state index < -0.39 is 11.6 Å². The second kappa shape index (κ2) is 6.20. The molecule has 0 aliphatic carbocycles. The van der Waals surface area contributed by atoms with Crippen molar-refractivity contribution in [2.75, 3.05) is 19.6 Å². The Labute approximate surface area is 117 Å². The minimum atomic E-state index is -0.810. The molecule has 2 nitrogen and oxygen atoms in total. The molecule has 0 aromatic heterocycles. The van der Waals surface area contributed by atoms with Crippen LogP contribution in [-0.4, -0.2) is 35.0 Å². The van der Waals surface area contributed by atoms with Crippen LogP contribution in [0.4, 0.5) is 8.78 Å². The summed E-state index contributed by atoms with van der Waals surface area (Å²) in [5.74, 6) is -1.61. The maximum absolute atomic E-state index is 13.4. The van der Waals surface area contributed by atoms with E-state index in [2.05, 4.69) is 18.7 Å². The third kappa shape index (κ3) is 3.46. The number of nitrogens with zero attached hydrogens (tertiary/aromatic N) is 1. The number of halogens is 2. The molecule has 2 rings (SSSR count). The van der Waals surface area contributed by atoms with E-state index in [1.165, 1.54) is 12.1 Å². The van der Waals surface area contributed by atoms with Crippen LogP contribution in [0.3, 0.4) is 0 Å². The van der Waals surface area contributed by atoms with E-state index >= 15 is 0 Å². The third-order valence-electron chi connectivity index (χ3n) is 3.44. The summed E-state index contributed by atoms with van der Waals surface area (Å²) in [6.45, 7) is 6.64. The zero-order chi connectivity index (χ0) is 14.0. The summed E-state index contributed by atoms with van der Waals surface area (Å²) >= 11 is 1.96. The van der Waals surface area contributed by atoms with Crippen molar-refractivity contribution in [1.29, 1.82) is 0 Å². The van der Waals surface area contributed by atoms with E-state index in [0.29, 0.717) is 17.0 Å². The molecule has 1 heterocycles. The second-order valence-electron chi connectivity index (χ2n) is 5.14. The molecule has 3 atom stereocenters. The van der Waals surface area contributed by atoms with Crippen molar-refractivity contribution >= 4 is 11.8 Å². The van der Waals surface area contributed by atoms with Crippen molar-refractivity contribution in [3.63, 3.8) is 0 Å². The van der Waals surface area contributed by atoms with Gasteiger partial charge in [-0.3, -0.25) is 4.90 Å². The van der Waals surface area contributed by atoms with Crippen molar-refractivity contribution in [1.82, 2.24) is 4.90 Å². The van der Waals surface area contributed by atoms with Crippen LogP contribution < -0.4 is 5.73 Å². The van der Waals surface area contributed by atoms with Crippen LogP contribution in [0.5, 0.6) is 0 Å². The van der Waals surface area contributed by atoms with Gasteiger partial charge in [0.25, 0.3) is 0 Å². The van der Waals surface area contributed by atoms with Gasteiger partial charge in [0.05, 0.1) is 0 Å². The molecule has 1 aliphatic rings. The number of benzene rings is 1. The standard InChI is InChI=1S/C14H20F2N2S/c1-9-7-18(8-10(2)19-9)14(6-17)11-3-4-12(15)13(16)5-11/h3-5,9-10,14H,6-8,17H2,1-2H3. The second-order valence-corrected chi connectivity index (χ2v) is 7.02. The van der Waals surface area contributed by atoms with Crippen molar-refractivity contribution < 1.29 is 8.78 Å². The molecule has 1 aromatic carbocycles. The monoisotopic (exact) mass is 286 g/mol. The molecular weight excluding hydrogens is 266 g/mol. The van der Waals surface area contributed by atoms with E-state index in [4.69, 9.17) is 5.73 Å². The minimum Gasteiger partial charge on any atom is -0.329 e. The Bertz CT molecular complexity index is 431. The highest BCUT2D eigenvalue weighted by molar-refractivity contribution is 8.00. The quantitative estimate of drug-likeness (QED) is 0.926. The van der Waals surface area contributed by atoms with Crippen molar-refractivity contribution in [2.24, 2.45) is 5.73 Å². The molecule has 0 radical (unpaired) electrons. The van der Waals surface area contributed by atoms with Gasteiger partial charge in [-0.05, 0) is 17.7 Å². The highest BCUT2D eigenvalue weighted by atomic mass is 32.2. The van der Waals surface area contributed by atoms with Gasteiger partial charge in [0.15, 0.2) is 11.6 Å². The Kier molecular flexibility index (Phi) is 4.81. The van der Waals surface area contributed by atoms with Crippen molar-refractivity contribution in [3.8, 4) is 0 Å². The van der Waals surface area contributed by atoms with Gasteiger partial charge in [-0.1, -0.05) is 19.9 Å². The third-order valence-corrected chi connectivity index (χ3v) is 4.67. The Balaban J connectivity index is 2.21. The average molecular weight is 286 g/mol. The van der Waals surface area contributed by atoms with Crippen LogP contribution in [0.15, 0.2) is 18.2 Å². The highest BCUT2D eigenvalue weighted by Crippen LogP contribution is 2.31. The summed E-state index contributed by atoms with van der Waals surface area (Å²) < 4.78 is 26.4. The van der Waals surface area contributed by atoms with Gasteiger partial charge in [-0.25, -0.2) is 8.78 Å². The first-order valence-electron chi connectivity index (χ1n) is 6.55. The number of rotatable bonds is 3. The lowest BCUT2D eigenvalue weighted by atomic mass is 10.0. The molecule has 1 aliphatic heterocycles. The first kappa shape index (κ1) is 14.8. The van der Waals surface area contributed by atoms with Crippen LogP contribution in [-0.2, 0) is 0 Å². The average Bonchev–Trinajstić information content (AvgIpc) is 2.33. The molecule has 2 N–H and O–H groups in total. The molecule has 5 heteroatoms. The Morgan fingerprint density at radius 1 is 1.26 bits per heavy atom. The molecule has 0 bridgehead atoms. The lowest BCUT2D eigenvalue weighted by Crippen LogP contribution is -2.44. The molecule has 0 saturated carbocycles. The first-order chi connectivity index (χ1) is 9.01. The summed E-state index contributed by atoms with van der Waals surface area (Å²) in [5, 5.41) is 1.06. The molecule has 0 amide bonds. The van der Waals surface area contributed by atoms with E-state index in [-0.39, 0.29) is 6.04 Å². The van der Waals surface area contributed by atoms with Crippen LogP contribution in [0, 0.1) is 11.6 Å². The fraction of sp³-hybridized carbons (Fsp3) is 0.571. The van der Waals surface area contributed by atoms with E-state index in [1.54, 1.807) is 6.07 Å². The summed E-state index contributed by atoms with van der Waals surface area (Å²) in [7, 11) is 0. The summed E-state index contributed by atoms with van der Waals surface area (Å²) in [6, 6.07) is 4.04. The highest BCUT2D eigenvalue weighted by Gasteiger charge is 2.28. The van der Waals surface area contributed by atoms with Gasteiger partial charge in [0.2, 0.25) is 0 Å². The Morgan fingerprint density at radius 2 is 1.89 bits per heavy atom. The largest absolute Gasteiger partial charge is 0.329 e. The number of thioether (sulfide) groups is 1. The molecule has 106 valence electrons. The van der Waals surface area contributed by atoms with Crippen molar-refractivity contribution in [3.05, 3.63) is 35.4 Å². The Morgan fingerprint density at radius 3 is 2.42 bits per heavy atom. The lowest BCUT2D eigenvalue weighted by Gasteiger charge is -2.39. The summed E-state index contributed by atoms with van der Waals surface area (Å²) in [5.41, 5.74) is 6.61. The van der Waals surface area contributed by atoms with Gasteiger partial charge < -0.3 is 5.73 Å². The molecule has 3 unspecified atom stereocenters. The van der Waals surface area contributed by atoms with Crippen LogP contribution >= 0.6 is 11.8 Å². The van der Waals surface area contributed by atoms with E-state index in [0.717, 1.165) is 18.7 Å². The van der Waals surface area contributed by atoms with E-state index in [1.807, 2.05) is 11.8 Å². The molecule has 1 fully saturated rings. The molecule has 1 saturated heterocycles. The summed E-state index contributed by atoms with van der Waals surface area (Å²) in [6.07, 6.45) is 0. The molecule has 0 spiro atoms. The molecule has 1 aromatic rings. The number of hydrogen-bond acceptors (Lipinski definition) is 3. The zero-order valence-electron chi connectivity index (χ0n) is 11.3. The fourth-order valence-electron chi connectivity index (χ4n) is 2.69. The predicted octanol–water partition coefficient (Wildman–Crippen LogP) is 2.79. The van der Waals surface area contributed by atoms with Gasteiger partial charge in [0.1, 0.15) is 0 Å². The molecule has 19 heavy (non-hydrogen) atoms. The topological polar surface area (TPSA) is 29.3 Å². The smallest absolute Gasteiger partial charge is 0.159 e. The fourth-order valence-corrected chi connectivity index (χ4v) is 4.04. The maximum atomic E-state index is 13.4. The van der Waals surface area contributed by atoms with E-state index in [9.17, 15) is 8.78 Å². The van der Waals surface area contributed by atoms with Gasteiger partial charge >= 0.3 is 0 Å². The predicted molar refractivity (Wildman–Crippen MR) is 76.2 cm³/mol. The SMILES string of the molecule is CC1CN(C(CN)c2ccc(F)c(F)c2)CC(C)S1. The Hall–Kier alpha value is -0.650. The molecular formula is C14H20F2N2S. The van der Waals surface area contributed by atoms with Crippen LogP contribution in [0.2, 0.25) is 0 Å². The lowest BCUT2D eigenvalue weighted by molar-refractivity contribution is 0.199. The van der Waals surface area contributed by atoms with Crippen molar-refractivity contribution in [2.45, 2.75) is 30.4 Å². The van der Waals surface area contributed by atoms with Crippen LogP contribution in [0.25, 0.3) is 0 Å². The van der Waals surface area contributed by atoms with Gasteiger partial charge in [-0.15, -0.1) is 0 Å². The van der Waals surface area contributed by atoms with Gasteiger partial charge in [-0.2, -0.15) is 11.8 Å².